The van der Waals surface area contributed by atoms with Gasteiger partial charge in [0.15, 0.2) is 0 Å². The lowest BCUT2D eigenvalue weighted by molar-refractivity contribution is -0.384. The Morgan fingerprint density at radius 3 is 2.52 bits per heavy atom. The maximum absolute atomic E-state index is 12.2. The second kappa shape index (κ2) is 6.08. The van der Waals surface area contributed by atoms with E-state index in [9.17, 15) is 18.5 Å². The fraction of sp³-hybridized carbons (Fsp3) is 0. The Labute approximate surface area is 136 Å². The van der Waals surface area contributed by atoms with Gasteiger partial charge in [-0.25, -0.2) is 8.42 Å². The van der Waals surface area contributed by atoms with Crippen LogP contribution in [0.15, 0.2) is 50.5 Å². The Bertz CT molecular complexity index is 811. The van der Waals surface area contributed by atoms with Crippen molar-refractivity contribution in [3.8, 4) is 0 Å². The Balaban J connectivity index is 2.41. The Kier molecular flexibility index (Phi) is 4.59. The van der Waals surface area contributed by atoms with Crippen LogP contribution < -0.4 is 4.72 Å². The third kappa shape index (κ3) is 3.77. The molecule has 0 aliphatic heterocycles. The van der Waals surface area contributed by atoms with Crippen LogP contribution in [0.4, 0.5) is 11.4 Å². The summed E-state index contributed by atoms with van der Waals surface area (Å²) in [5, 5.41) is 10.7. The summed E-state index contributed by atoms with van der Waals surface area (Å²) in [6, 6.07) is 5.17. The summed E-state index contributed by atoms with van der Waals surface area (Å²) in [6.07, 6.45) is 2.63. The van der Waals surface area contributed by atoms with Crippen LogP contribution in [-0.2, 0) is 10.0 Å². The summed E-state index contributed by atoms with van der Waals surface area (Å²) in [5.74, 6) is 0. The van der Waals surface area contributed by atoms with Crippen LogP contribution in [0.1, 0.15) is 0 Å². The summed E-state index contributed by atoms with van der Waals surface area (Å²) in [5.41, 5.74) is -0.146. The molecule has 2 aromatic rings. The van der Waals surface area contributed by atoms with Gasteiger partial charge in [0.25, 0.3) is 15.7 Å². The third-order valence-electron chi connectivity index (χ3n) is 2.40. The van der Waals surface area contributed by atoms with Gasteiger partial charge in [0.2, 0.25) is 0 Å². The molecule has 0 spiro atoms. The molecule has 1 aromatic heterocycles. The number of nitro benzene ring substituents is 1. The molecule has 0 amide bonds. The van der Waals surface area contributed by atoms with Crippen molar-refractivity contribution in [1.82, 2.24) is 4.98 Å². The van der Waals surface area contributed by atoms with Gasteiger partial charge in [0.05, 0.1) is 10.6 Å². The van der Waals surface area contributed by atoms with E-state index in [-0.39, 0.29) is 16.3 Å². The third-order valence-corrected chi connectivity index (χ3v) is 4.85. The number of non-ortho nitro benzene ring substituents is 1. The topological polar surface area (TPSA) is 102 Å². The SMILES string of the molecule is O=[N+]([O-])c1ccc(Br)c(NS(=O)(=O)c2cncc(Br)c2)c1. The molecule has 21 heavy (non-hydrogen) atoms. The molecule has 0 unspecified atom stereocenters. The minimum Gasteiger partial charge on any atom is -0.278 e. The molecular weight excluding hydrogens is 430 g/mol. The molecule has 0 radical (unpaired) electrons. The van der Waals surface area contributed by atoms with Gasteiger partial charge in [-0.2, -0.15) is 0 Å². The number of benzene rings is 1. The number of hydrogen-bond acceptors (Lipinski definition) is 5. The number of anilines is 1. The fourth-order valence-corrected chi connectivity index (χ4v) is 3.50. The van der Waals surface area contributed by atoms with Crippen LogP contribution in [0, 0.1) is 10.1 Å². The van der Waals surface area contributed by atoms with Crippen LogP contribution in [0.5, 0.6) is 0 Å². The summed E-state index contributed by atoms with van der Waals surface area (Å²) >= 11 is 6.28. The van der Waals surface area contributed by atoms with E-state index in [0.717, 1.165) is 6.07 Å². The van der Waals surface area contributed by atoms with Gasteiger partial charge in [-0.3, -0.25) is 19.8 Å². The first kappa shape index (κ1) is 15.9. The highest BCUT2D eigenvalue weighted by Gasteiger charge is 2.18. The van der Waals surface area contributed by atoms with Gasteiger partial charge < -0.3 is 0 Å². The number of nitro groups is 1. The van der Waals surface area contributed by atoms with Crippen LogP contribution in [-0.4, -0.2) is 18.3 Å². The molecule has 0 saturated carbocycles. The number of sulfonamides is 1. The first-order valence-electron chi connectivity index (χ1n) is 5.37. The van der Waals surface area contributed by atoms with Crippen molar-refractivity contribution < 1.29 is 13.3 Å². The zero-order chi connectivity index (χ0) is 15.6. The number of nitrogens with zero attached hydrogens (tertiary/aromatic N) is 2. The molecule has 1 heterocycles. The molecular formula is C11H7Br2N3O4S. The molecule has 1 aromatic carbocycles. The monoisotopic (exact) mass is 435 g/mol. The molecule has 0 aliphatic carbocycles. The fourth-order valence-electron chi connectivity index (χ4n) is 1.45. The summed E-state index contributed by atoms with van der Waals surface area (Å²) in [4.78, 5) is 13.8. The number of pyridine rings is 1. The highest BCUT2D eigenvalue weighted by molar-refractivity contribution is 9.10. The molecule has 0 aliphatic rings. The lowest BCUT2D eigenvalue weighted by Crippen LogP contribution is -2.13. The van der Waals surface area contributed by atoms with Crippen molar-refractivity contribution in [3.05, 3.63) is 55.7 Å². The minimum atomic E-state index is -3.90. The van der Waals surface area contributed by atoms with Crippen molar-refractivity contribution in [3.63, 3.8) is 0 Å². The molecule has 1 N–H and O–H groups in total. The number of nitrogens with one attached hydrogen (secondary N) is 1. The summed E-state index contributed by atoms with van der Waals surface area (Å²) in [7, 11) is -3.90. The Hall–Kier alpha value is -1.52. The van der Waals surface area contributed by atoms with Crippen molar-refractivity contribution in [1.29, 1.82) is 0 Å². The lowest BCUT2D eigenvalue weighted by Gasteiger charge is -2.09. The van der Waals surface area contributed by atoms with Crippen molar-refractivity contribution in [2.24, 2.45) is 0 Å². The summed E-state index contributed by atoms with van der Waals surface area (Å²) in [6.45, 7) is 0. The van der Waals surface area contributed by atoms with E-state index >= 15 is 0 Å². The van der Waals surface area contributed by atoms with E-state index in [1.807, 2.05) is 0 Å². The lowest BCUT2D eigenvalue weighted by atomic mass is 10.3. The zero-order valence-electron chi connectivity index (χ0n) is 10.2. The predicted octanol–water partition coefficient (Wildman–Crippen LogP) is 3.32. The standard InChI is InChI=1S/C11H7Br2N3O4S/c12-7-3-9(6-14-5-7)21(19,20)15-11-4-8(16(17)18)1-2-10(11)13/h1-6,15H. The van der Waals surface area contributed by atoms with Gasteiger partial charge >= 0.3 is 0 Å². The largest absolute Gasteiger partial charge is 0.278 e. The van der Waals surface area contributed by atoms with E-state index in [0.29, 0.717) is 8.95 Å². The van der Waals surface area contributed by atoms with Gasteiger partial charge in [0, 0.05) is 33.5 Å². The first-order valence-corrected chi connectivity index (χ1v) is 8.44. The summed E-state index contributed by atoms with van der Waals surface area (Å²) < 4.78 is 27.6. The van der Waals surface area contributed by atoms with Crippen LogP contribution >= 0.6 is 31.9 Å². The molecule has 0 saturated heterocycles. The number of aromatic nitrogens is 1. The minimum absolute atomic E-state index is 0.0599. The van der Waals surface area contributed by atoms with Crippen molar-refractivity contribution >= 4 is 53.3 Å². The van der Waals surface area contributed by atoms with Crippen LogP contribution in [0.2, 0.25) is 0 Å². The molecule has 110 valence electrons. The Morgan fingerprint density at radius 1 is 1.19 bits per heavy atom. The second-order valence-corrected chi connectivity index (χ2v) is 7.32. The van der Waals surface area contributed by atoms with Gasteiger partial charge in [0.1, 0.15) is 4.90 Å². The Morgan fingerprint density at radius 2 is 1.90 bits per heavy atom. The molecule has 2 rings (SSSR count). The first-order chi connectivity index (χ1) is 9.79. The maximum atomic E-state index is 12.2. The van der Waals surface area contributed by atoms with Crippen molar-refractivity contribution in [2.75, 3.05) is 4.72 Å². The zero-order valence-corrected chi connectivity index (χ0v) is 14.1. The van der Waals surface area contributed by atoms with Gasteiger partial charge in [-0.1, -0.05) is 0 Å². The average Bonchev–Trinajstić information content (AvgIpc) is 2.41. The molecule has 0 fully saturated rings. The number of rotatable bonds is 4. The second-order valence-electron chi connectivity index (χ2n) is 3.87. The normalized spacial score (nSPS) is 11.1. The number of hydrogen-bond donors (Lipinski definition) is 1. The average molecular weight is 437 g/mol. The highest BCUT2D eigenvalue weighted by Crippen LogP contribution is 2.29. The highest BCUT2D eigenvalue weighted by atomic mass is 79.9. The molecule has 0 atom stereocenters. The van der Waals surface area contributed by atoms with Gasteiger partial charge in [-0.15, -0.1) is 0 Å². The molecule has 7 nitrogen and oxygen atoms in total. The smallest absolute Gasteiger partial charge is 0.271 e. The van der Waals surface area contributed by atoms with E-state index in [1.54, 1.807) is 0 Å². The molecule has 10 heteroatoms. The van der Waals surface area contributed by atoms with Crippen molar-refractivity contribution in [2.45, 2.75) is 4.90 Å². The predicted molar refractivity (Wildman–Crippen MR) is 83.5 cm³/mol. The van der Waals surface area contributed by atoms with E-state index in [1.165, 1.54) is 30.6 Å². The number of halogens is 2. The molecule has 0 bridgehead atoms. The maximum Gasteiger partial charge on any atom is 0.271 e. The van der Waals surface area contributed by atoms with Gasteiger partial charge in [-0.05, 0) is 44.0 Å². The van der Waals surface area contributed by atoms with E-state index in [4.69, 9.17) is 0 Å². The quantitative estimate of drug-likeness (QED) is 0.584. The van der Waals surface area contributed by atoms with E-state index < -0.39 is 14.9 Å². The van der Waals surface area contributed by atoms with Crippen LogP contribution in [0.3, 0.4) is 0 Å². The van der Waals surface area contributed by atoms with E-state index in [2.05, 4.69) is 41.6 Å². The van der Waals surface area contributed by atoms with Crippen LogP contribution in [0.25, 0.3) is 0 Å².